The van der Waals surface area contributed by atoms with Crippen LogP contribution in [0.25, 0.3) is 10.9 Å². The van der Waals surface area contributed by atoms with Crippen molar-refractivity contribution in [3.05, 3.63) is 53.1 Å². The number of aryl methyl sites for hydroxylation is 1. The third-order valence-corrected chi connectivity index (χ3v) is 3.42. The average molecular weight is 287 g/mol. The number of para-hydroxylation sites is 1. The van der Waals surface area contributed by atoms with E-state index in [4.69, 9.17) is 11.6 Å². The summed E-state index contributed by atoms with van der Waals surface area (Å²) in [6, 6.07) is 10.2. The fourth-order valence-corrected chi connectivity index (χ4v) is 2.47. The molecule has 0 radical (unpaired) electrons. The molecule has 0 fully saturated rings. The smallest absolute Gasteiger partial charge is 0.134 e. The first-order chi connectivity index (χ1) is 9.72. The molecule has 102 valence electrons. The molecule has 4 nitrogen and oxygen atoms in total. The van der Waals surface area contributed by atoms with Gasteiger partial charge in [-0.15, -0.1) is 0 Å². The number of nitrogens with zero attached hydrogens (tertiary/aromatic N) is 2. The van der Waals surface area contributed by atoms with Crippen LogP contribution < -0.4 is 5.32 Å². The summed E-state index contributed by atoms with van der Waals surface area (Å²) in [7, 11) is 0. The molecule has 0 aliphatic carbocycles. The van der Waals surface area contributed by atoms with Crippen molar-refractivity contribution in [2.45, 2.75) is 13.3 Å². The zero-order valence-electron chi connectivity index (χ0n) is 11.2. The van der Waals surface area contributed by atoms with E-state index >= 15 is 0 Å². The quantitative estimate of drug-likeness (QED) is 0.721. The van der Waals surface area contributed by atoms with Gasteiger partial charge in [0.05, 0.1) is 0 Å². The second-order valence-electron chi connectivity index (χ2n) is 4.74. The molecule has 1 aromatic carbocycles. The maximum atomic E-state index is 5.83. The van der Waals surface area contributed by atoms with Crippen molar-refractivity contribution in [2.24, 2.45) is 0 Å². The Hall–Kier alpha value is -2.07. The number of hydrogen-bond acceptors (Lipinski definition) is 3. The molecule has 0 unspecified atom stereocenters. The van der Waals surface area contributed by atoms with Gasteiger partial charge in [0.1, 0.15) is 17.3 Å². The van der Waals surface area contributed by atoms with E-state index in [9.17, 15) is 0 Å². The Morgan fingerprint density at radius 1 is 1.25 bits per heavy atom. The lowest BCUT2D eigenvalue weighted by molar-refractivity contribution is 1.00. The average Bonchev–Trinajstić information content (AvgIpc) is 2.80. The predicted octanol–water partition coefficient (Wildman–Crippen LogP) is 3.57. The van der Waals surface area contributed by atoms with Crippen LogP contribution in [-0.4, -0.2) is 21.5 Å². The maximum absolute atomic E-state index is 5.83. The first-order valence-corrected chi connectivity index (χ1v) is 6.89. The van der Waals surface area contributed by atoms with Gasteiger partial charge in [-0.3, -0.25) is 0 Å². The molecule has 0 atom stereocenters. The third-order valence-electron chi connectivity index (χ3n) is 3.21. The van der Waals surface area contributed by atoms with Crippen LogP contribution in [0.15, 0.2) is 36.7 Å². The van der Waals surface area contributed by atoms with Crippen LogP contribution in [0.3, 0.4) is 0 Å². The summed E-state index contributed by atoms with van der Waals surface area (Å²) in [4.78, 5) is 11.4. The van der Waals surface area contributed by atoms with E-state index in [1.54, 1.807) is 6.07 Å². The van der Waals surface area contributed by atoms with E-state index in [1.807, 2.05) is 0 Å². The van der Waals surface area contributed by atoms with Gasteiger partial charge in [-0.25, -0.2) is 9.97 Å². The Morgan fingerprint density at radius 2 is 2.15 bits per heavy atom. The van der Waals surface area contributed by atoms with Crippen molar-refractivity contribution in [1.82, 2.24) is 15.0 Å². The Balaban J connectivity index is 1.71. The lowest BCUT2D eigenvalue weighted by Gasteiger charge is -2.06. The molecule has 0 amide bonds. The van der Waals surface area contributed by atoms with Gasteiger partial charge in [0.15, 0.2) is 0 Å². The van der Waals surface area contributed by atoms with Gasteiger partial charge < -0.3 is 10.3 Å². The molecular formula is C15H15ClN4. The van der Waals surface area contributed by atoms with E-state index in [2.05, 4.69) is 51.5 Å². The molecule has 2 heterocycles. The van der Waals surface area contributed by atoms with Gasteiger partial charge in [-0.05, 0) is 30.4 Å². The molecule has 0 aliphatic heterocycles. The summed E-state index contributed by atoms with van der Waals surface area (Å²) in [5.74, 6) is 0.750. The fourth-order valence-electron chi connectivity index (χ4n) is 2.32. The number of anilines is 1. The highest BCUT2D eigenvalue weighted by atomic mass is 35.5. The summed E-state index contributed by atoms with van der Waals surface area (Å²) >= 11 is 5.83. The van der Waals surface area contributed by atoms with Crippen LogP contribution in [0.4, 0.5) is 5.82 Å². The molecule has 0 saturated heterocycles. The standard InChI is InChI=1S/C15H15ClN4/c1-10-7-12-4-2-3-11(15(12)20-10)5-6-17-14-8-13(16)18-9-19-14/h2-4,7-9,20H,5-6H2,1H3,(H,17,18,19). The molecule has 3 aromatic rings. The number of halogens is 1. The first-order valence-electron chi connectivity index (χ1n) is 6.51. The van der Waals surface area contributed by atoms with Crippen molar-refractivity contribution in [3.8, 4) is 0 Å². The van der Waals surface area contributed by atoms with Crippen LogP contribution >= 0.6 is 11.6 Å². The predicted molar refractivity (Wildman–Crippen MR) is 82.3 cm³/mol. The monoisotopic (exact) mass is 286 g/mol. The van der Waals surface area contributed by atoms with E-state index < -0.39 is 0 Å². The van der Waals surface area contributed by atoms with Crippen LogP contribution in [0.2, 0.25) is 5.15 Å². The number of aromatic nitrogens is 3. The zero-order chi connectivity index (χ0) is 13.9. The molecule has 0 spiro atoms. The fraction of sp³-hybridized carbons (Fsp3) is 0.200. The number of hydrogen-bond donors (Lipinski definition) is 2. The van der Waals surface area contributed by atoms with Gasteiger partial charge in [0.25, 0.3) is 0 Å². The minimum absolute atomic E-state index is 0.449. The van der Waals surface area contributed by atoms with Crippen LogP contribution in [-0.2, 0) is 6.42 Å². The van der Waals surface area contributed by atoms with Crippen molar-refractivity contribution in [3.63, 3.8) is 0 Å². The number of nitrogens with one attached hydrogen (secondary N) is 2. The SMILES string of the molecule is Cc1cc2cccc(CCNc3cc(Cl)ncn3)c2[nH]1. The number of fused-ring (bicyclic) bond motifs is 1. The van der Waals surface area contributed by atoms with Gasteiger partial charge in [-0.1, -0.05) is 29.8 Å². The molecule has 20 heavy (non-hydrogen) atoms. The molecule has 3 rings (SSSR count). The van der Waals surface area contributed by atoms with Crippen LogP contribution in [0.5, 0.6) is 0 Å². The minimum atomic E-state index is 0.449. The highest BCUT2D eigenvalue weighted by Gasteiger charge is 2.03. The summed E-state index contributed by atoms with van der Waals surface area (Å²) in [6.45, 7) is 2.87. The van der Waals surface area contributed by atoms with E-state index in [0.29, 0.717) is 5.15 Å². The van der Waals surface area contributed by atoms with E-state index in [0.717, 1.165) is 18.8 Å². The van der Waals surface area contributed by atoms with Gasteiger partial charge in [0, 0.05) is 23.8 Å². The van der Waals surface area contributed by atoms with Gasteiger partial charge >= 0.3 is 0 Å². The molecule has 0 saturated carbocycles. The second-order valence-corrected chi connectivity index (χ2v) is 5.12. The summed E-state index contributed by atoms with van der Waals surface area (Å²) in [6.07, 6.45) is 2.37. The van der Waals surface area contributed by atoms with Crippen LogP contribution in [0, 0.1) is 6.92 Å². The maximum Gasteiger partial charge on any atom is 0.134 e. The number of benzene rings is 1. The minimum Gasteiger partial charge on any atom is -0.370 e. The molecule has 2 N–H and O–H groups in total. The highest BCUT2D eigenvalue weighted by Crippen LogP contribution is 2.19. The third kappa shape index (κ3) is 2.75. The van der Waals surface area contributed by atoms with Crippen molar-refractivity contribution < 1.29 is 0 Å². The van der Waals surface area contributed by atoms with E-state index in [1.165, 1.54) is 28.5 Å². The Bertz CT molecular complexity index is 736. The largest absolute Gasteiger partial charge is 0.370 e. The number of rotatable bonds is 4. The van der Waals surface area contributed by atoms with Crippen molar-refractivity contribution >= 4 is 28.3 Å². The van der Waals surface area contributed by atoms with E-state index in [-0.39, 0.29) is 0 Å². The lowest BCUT2D eigenvalue weighted by atomic mass is 10.1. The molecule has 0 aliphatic rings. The topological polar surface area (TPSA) is 53.6 Å². The van der Waals surface area contributed by atoms with Crippen molar-refractivity contribution in [2.75, 3.05) is 11.9 Å². The Labute approximate surface area is 122 Å². The number of H-pyrrole nitrogens is 1. The Kier molecular flexibility index (Phi) is 3.56. The zero-order valence-corrected chi connectivity index (χ0v) is 11.9. The summed E-state index contributed by atoms with van der Waals surface area (Å²) in [5, 5.41) is 4.96. The molecule has 5 heteroatoms. The first kappa shape index (κ1) is 12.9. The van der Waals surface area contributed by atoms with Crippen molar-refractivity contribution in [1.29, 1.82) is 0 Å². The second kappa shape index (κ2) is 5.51. The molecule has 2 aromatic heterocycles. The molecule has 0 bridgehead atoms. The highest BCUT2D eigenvalue weighted by molar-refractivity contribution is 6.29. The lowest BCUT2D eigenvalue weighted by Crippen LogP contribution is -2.06. The summed E-state index contributed by atoms with van der Waals surface area (Å²) < 4.78 is 0. The van der Waals surface area contributed by atoms with Gasteiger partial charge in [-0.2, -0.15) is 0 Å². The number of aromatic amines is 1. The Morgan fingerprint density at radius 3 is 3.00 bits per heavy atom. The summed E-state index contributed by atoms with van der Waals surface area (Å²) in [5.41, 5.74) is 3.69. The molecular weight excluding hydrogens is 272 g/mol. The van der Waals surface area contributed by atoms with Crippen LogP contribution in [0.1, 0.15) is 11.3 Å². The van der Waals surface area contributed by atoms with Gasteiger partial charge in [0.2, 0.25) is 0 Å². The normalized spacial score (nSPS) is 10.9.